The second-order valence-corrected chi connectivity index (χ2v) is 6.15. The molecule has 2 aromatic carbocycles. The number of fused-ring (bicyclic) bond motifs is 2. The molecule has 6 nitrogen and oxygen atoms in total. The third-order valence-corrected chi connectivity index (χ3v) is 4.46. The molecule has 2 aromatic heterocycles. The number of rotatable bonds is 4. The molecular weight excluding hydrogens is 328 g/mol. The Morgan fingerprint density at radius 3 is 2.81 bits per heavy atom. The zero-order valence-corrected chi connectivity index (χ0v) is 14.3. The van der Waals surface area contributed by atoms with Gasteiger partial charge in [0, 0.05) is 18.6 Å². The van der Waals surface area contributed by atoms with Crippen LogP contribution in [0.2, 0.25) is 0 Å². The maximum atomic E-state index is 12.4. The predicted molar refractivity (Wildman–Crippen MR) is 101 cm³/mol. The number of pyridine rings is 1. The van der Waals surface area contributed by atoms with Gasteiger partial charge in [-0.3, -0.25) is 9.59 Å². The quantitative estimate of drug-likeness (QED) is 0.596. The Kier molecular flexibility index (Phi) is 4.01. The highest BCUT2D eigenvalue weighted by Crippen LogP contribution is 2.15. The standard InChI is InChI=1S/C20H18N4O2/c1-13-22-17-8-4-5-9-18(17)24(13)11-10-21-19(25)15-12-14-6-2-3-7-16(14)23-20(15)26/h2-9,12H,10-11H2,1H3,(H,21,25)(H,23,26). The lowest BCUT2D eigenvalue weighted by atomic mass is 10.1. The molecule has 2 heterocycles. The van der Waals surface area contributed by atoms with Gasteiger partial charge in [-0.2, -0.15) is 0 Å². The molecule has 4 rings (SSSR count). The summed E-state index contributed by atoms with van der Waals surface area (Å²) in [5.41, 5.74) is 2.42. The fraction of sp³-hybridized carbons (Fsp3) is 0.150. The highest BCUT2D eigenvalue weighted by molar-refractivity contribution is 5.97. The van der Waals surface area contributed by atoms with Gasteiger partial charge < -0.3 is 14.9 Å². The number of carbonyl (C=O) groups is 1. The van der Waals surface area contributed by atoms with Crippen molar-refractivity contribution < 1.29 is 4.79 Å². The van der Waals surface area contributed by atoms with E-state index in [0.29, 0.717) is 13.1 Å². The number of aryl methyl sites for hydroxylation is 1. The van der Waals surface area contributed by atoms with Crippen molar-refractivity contribution in [3.05, 3.63) is 76.3 Å². The average molecular weight is 346 g/mol. The van der Waals surface area contributed by atoms with E-state index in [1.54, 1.807) is 6.07 Å². The normalized spacial score (nSPS) is 11.1. The van der Waals surface area contributed by atoms with Gasteiger partial charge in [-0.1, -0.05) is 30.3 Å². The van der Waals surface area contributed by atoms with Gasteiger partial charge in [-0.15, -0.1) is 0 Å². The molecule has 0 aliphatic carbocycles. The molecule has 2 N–H and O–H groups in total. The fourth-order valence-electron chi connectivity index (χ4n) is 3.17. The molecule has 0 saturated carbocycles. The first kappa shape index (κ1) is 16.1. The van der Waals surface area contributed by atoms with Gasteiger partial charge in [0.05, 0.1) is 11.0 Å². The Hall–Kier alpha value is -3.41. The van der Waals surface area contributed by atoms with E-state index in [2.05, 4.69) is 19.9 Å². The number of hydrogen-bond acceptors (Lipinski definition) is 3. The number of carbonyl (C=O) groups excluding carboxylic acids is 1. The molecule has 26 heavy (non-hydrogen) atoms. The minimum Gasteiger partial charge on any atom is -0.350 e. The maximum Gasteiger partial charge on any atom is 0.261 e. The molecule has 0 fully saturated rings. The summed E-state index contributed by atoms with van der Waals surface area (Å²) >= 11 is 0. The van der Waals surface area contributed by atoms with Crippen LogP contribution >= 0.6 is 0 Å². The minimum absolute atomic E-state index is 0.121. The Balaban J connectivity index is 1.51. The number of nitrogens with zero attached hydrogens (tertiary/aromatic N) is 2. The average Bonchev–Trinajstić information content (AvgIpc) is 2.96. The molecule has 0 radical (unpaired) electrons. The summed E-state index contributed by atoms with van der Waals surface area (Å²) in [6, 6.07) is 16.9. The lowest BCUT2D eigenvalue weighted by Crippen LogP contribution is -2.32. The Morgan fingerprint density at radius 1 is 1.15 bits per heavy atom. The van der Waals surface area contributed by atoms with E-state index >= 15 is 0 Å². The van der Waals surface area contributed by atoms with Crippen molar-refractivity contribution in [1.29, 1.82) is 0 Å². The predicted octanol–water partition coefficient (Wildman–Crippen LogP) is 2.62. The van der Waals surface area contributed by atoms with Crippen LogP contribution in [0.4, 0.5) is 0 Å². The first-order chi connectivity index (χ1) is 12.6. The van der Waals surface area contributed by atoms with E-state index in [1.807, 2.05) is 55.5 Å². The summed E-state index contributed by atoms with van der Waals surface area (Å²) < 4.78 is 2.06. The number of nitrogens with one attached hydrogen (secondary N) is 2. The van der Waals surface area contributed by atoms with Crippen LogP contribution in [-0.4, -0.2) is 27.0 Å². The monoisotopic (exact) mass is 346 g/mol. The van der Waals surface area contributed by atoms with E-state index in [-0.39, 0.29) is 17.0 Å². The molecule has 0 aliphatic heterocycles. The van der Waals surface area contributed by atoms with E-state index in [4.69, 9.17) is 0 Å². The molecule has 0 unspecified atom stereocenters. The van der Waals surface area contributed by atoms with Crippen LogP contribution in [-0.2, 0) is 6.54 Å². The second kappa shape index (κ2) is 6.48. The van der Waals surface area contributed by atoms with Crippen LogP contribution in [0.25, 0.3) is 21.9 Å². The van der Waals surface area contributed by atoms with Crippen molar-refractivity contribution in [2.75, 3.05) is 6.54 Å². The highest BCUT2D eigenvalue weighted by atomic mass is 16.2. The second-order valence-electron chi connectivity index (χ2n) is 6.15. The number of hydrogen-bond donors (Lipinski definition) is 2. The van der Waals surface area contributed by atoms with Crippen LogP contribution in [0.5, 0.6) is 0 Å². The smallest absolute Gasteiger partial charge is 0.261 e. The third kappa shape index (κ3) is 2.86. The van der Waals surface area contributed by atoms with E-state index < -0.39 is 0 Å². The van der Waals surface area contributed by atoms with Crippen LogP contribution < -0.4 is 10.9 Å². The molecular formula is C20H18N4O2. The summed E-state index contributed by atoms with van der Waals surface area (Å²) in [6.45, 7) is 2.94. The number of para-hydroxylation sites is 3. The Bertz CT molecular complexity index is 1170. The molecule has 6 heteroatoms. The van der Waals surface area contributed by atoms with Crippen molar-refractivity contribution in [1.82, 2.24) is 19.9 Å². The maximum absolute atomic E-state index is 12.4. The van der Waals surface area contributed by atoms with Crippen LogP contribution in [0.1, 0.15) is 16.2 Å². The Labute approximate surface area is 149 Å². The van der Waals surface area contributed by atoms with Crippen LogP contribution in [0.15, 0.2) is 59.4 Å². The SMILES string of the molecule is Cc1nc2ccccc2n1CCNC(=O)c1cc2ccccc2[nH]c1=O. The number of imidazole rings is 1. The van der Waals surface area contributed by atoms with Gasteiger partial charge in [0.25, 0.3) is 11.5 Å². The Morgan fingerprint density at radius 2 is 1.92 bits per heavy atom. The van der Waals surface area contributed by atoms with Crippen LogP contribution in [0, 0.1) is 6.92 Å². The summed E-state index contributed by atoms with van der Waals surface area (Å²) in [6.07, 6.45) is 0. The van der Waals surface area contributed by atoms with Gasteiger partial charge in [0.2, 0.25) is 0 Å². The van der Waals surface area contributed by atoms with Gasteiger partial charge in [-0.05, 0) is 36.6 Å². The van der Waals surface area contributed by atoms with Gasteiger partial charge >= 0.3 is 0 Å². The molecule has 0 bridgehead atoms. The lowest BCUT2D eigenvalue weighted by molar-refractivity contribution is 0.0951. The van der Waals surface area contributed by atoms with Crippen molar-refractivity contribution in [3.8, 4) is 0 Å². The largest absolute Gasteiger partial charge is 0.350 e. The van der Waals surface area contributed by atoms with E-state index in [9.17, 15) is 9.59 Å². The minimum atomic E-state index is -0.384. The summed E-state index contributed by atoms with van der Waals surface area (Å²) in [4.78, 5) is 31.9. The summed E-state index contributed by atoms with van der Waals surface area (Å²) in [5, 5.41) is 3.65. The molecule has 0 aliphatic rings. The summed E-state index contributed by atoms with van der Waals surface area (Å²) in [5.74, 6) is 0.517. The lowest BCUT2D eigenvalue weighted by Gasteiger charge is -2.09. The van der Waals surface area contributed by atoms with Crippen molar-refractivity contribution in [2.45, 2.75) is 13.5 Å². The number of amides is 1. The van der Waals surface area contributed by atoms with E-state index in [0.717, 1.165) is 27.8 Å². The van der Waals surface area contributed by atoms with Crippen LogP contribution in [0.3, 0.4) is 0 Å². The fourth-order valence-corrected chi connectivity index (χ4v) is 3.17. The molecule has 4 aromatic rings. The zero-order chi connectivity index (χ0) is 18.1. The number of H-pyrrole nitrogens is 1. The molecule has 130 valence electrons. The molecule has 0 atom stereocenters. The number of aromatic nitrogens is 3. The summed E-state index contributed by atoms with van der Waals surface area (Å²) in [7, 11) is 0. The van der Waals surface area contributed by atoms with Crippen molar-refractivity contribution >= 4 is 27.8 Å². The first-order valence-corrected chi connectivity index (χ1v) is 8.45. The highest BCUT2D eigenvalue weighted by Gasteiger charge is 2.12. The number of benzene rings is 2. The van der Waals surface area contributed by atoms with Crippen molar-refractivity contribution in [3.63, 3.8) is 0 Å². The van der Waals surface area contributed by atoms with Gasteiger partial charge in [0.15, 0.2) is 0 Å². The first-order valence-electron chi connectivity index (χ1n) is 8.45. The number of aromatic amines is 1. The van der Waals surface area contributed by atoms with Crippen molar-refractivity contribution in [2.24, 2.45) is 0 Å². The molecule has 0 saturated heterocycles. The third-order valence-electron chi connectivity index (χ3n) is 4.46. The molecule has 1 amide bonds. The molecule has 0 spiro atoms. The topological polar surface area (TPSA) is 79.8 Å². The van der Waals surface area contributed by atoms with Gasteiger partial charge in [0.1, 0.15) is 11.4 Å². The van der Waals surface area contributed by atoms with E-state index in [1.165, 1.54) is 0 Å². The zero-order valence-electron chi connectivity index (χ0n) is 14.3. The van der Waals surface area contributed by atoms with Gasteiger partial charge in [-0.25, -0.2) is 4.98 Å².